The zero-order valence-electron chi connectivity index (χ0n) is 16.8. The molecule has 0 unspecified atom stereocenters. The van der Waals surface area contributed by atoms with Crippen molar-refractivity contribution in [2.45, 2.75) is 19.4 Å². The van der Waals surface area contributed by atoms with E-state index in [-0.39, 0.29) is 25.5 Å². The molecule has 3 heterocycles. The molecule has 31 heavy (non-hydrogen) atoms. The molecule has 0 saturated heterocycles. The van der Waals surface area contributed by atoms with Gasteiger partial charge in [0.15, 0.2) is 0 Å². The molecule has 10 heteroatoms. The van der Waals surface area contributed by atoms with Crippen molar-refractivity contribution in [1.82, 2.24) is 9.88 Å². The fraction of sp³-hybridized carbons (Fsp3) is 0.286. The van der Waals surface area contributed by atoms with Crippen LogP contribution in [0.3, 0.4) is 0 Å². The van der Waals surface area contributed by atoms with Gasteiger partial charge in [-0.25, -0.2) is 4.79 Å². The van der Waals surface area contributed by atoms with E-state index in [2.05, 4.69) is 21.1 Å². The first-order valence-corrected chi connectivity index (χ1v) is 10.3. The molecule has 0 fully saturated rings. The van der Waals surface area contributed by atoms with Gasteiger partial charge in [-0.15, -0.1) is 11.3 Å². The monoisotopic (exact) mass is 440 g/mol. The third-order valence-electron chi connectivity index (χ3n) is 4.53. The number of rotatable bonds is 6. The van der Waals surface area contributed by atoms with Gasteiger partial charge in [-0.3, -0.25) is 14.6 Å². The summed E-state index contributed by atoms with van der Waals surface area (Å²) in [5.41, 5.74) is 2.03. The Morgan fingerprint density at radius 1 is 1.42 bits per heavy atom. The number of ether oxygens (including phenoxy) is 2. The van der Waals surface area contributed by atoms with Gasteiger partial charge >= 0.3 is 12.1 Å². The van der Waals surface area contributed by atoms with E-state index in [0.717, 1.165) is 16.0 Å². The summed E-state index contributed by atoms with van der Waals surface area (Å²) >= 11 is 1.27. The highest BCUT2D eigenvalue weighted by Gasteiger charge is 2.28. The number of carbonyl (C=O) groups is 3. The average Bonchev–Trinajstić information content (AvgIpc) is 3.14. The second-order valence-electron chi connectivity index (χ2n) is 6.54. The second-order valence-corrected chi connectivity index (χ2v) is 7.65. The molecule has 1 aliphatic heterocycles. The van der Waals surface area contributed by atoms with Crippen molar-refractivity contribution in [3.05, 3.63) is 52.2 Å². The first-order valence-electron chi connectivity index (χ1n) is 9.44. The van der Waals surface area contributed by atoms with Gasteiger partial charge in [0.25, 0.3) is 0 Å². The molecule has 160 valence electrons. The summed E-state index contributed by atoms with van der Waals surface area (Å²) in [4.78, 5) is 42.0. The number of hydrogen-bond acceptors (Lipinski definition) is 8. The van der Waals surface area contributed by atoms with Crippen LogP contribution < -0.4 is 5.32 Å². The lowest BCUT2D eigenvalue weighted by molar-refractivity contribution is -0.141. The van der Waals surface area contributed by atoms with E-state index in [4.69, 9.17) is 4.74 Å². The van der Waals surface area contributed by atoms with Crippen LogP contribution >= 0.6 is 11.3 Å². The van der Waals surface area contributed by atoms with Crippen molar-refractivity contribution in [3.63, 3.8) is 0 Å². The zero-order chi connectivity index (χ0) is 22.2. The average molecular weight is 440 g/mol. The highest BCUT2D eigenvalue weighted by Crippen LogP contribution is 2.36. The van der Waals surface area contributed by atoms with Crippen molar-refractivity contribution in [2.24, 2.45) is 0 Å². The van der Waals surface area contributed by atoms with E-state index in [0.29, 0.717) is 23.5 Å². The normalized spacial score (nSPS) is 12.7. The number of fused-ring (bicyclic) bond motifs is 1. The van der Waals surface area contributed by atoms with Crippen LogP contribution in [-0.2, 0) is 32.0 Å². The van der Waals surface area contributed by atoms with Gasteiger partial charge < -0.3 is 19.7 Å². The van der Waals surface area contributed by atoms with Crippen LogP contribution in [-0.4, -0.2) is 48.1 Å². The summed E-state index contributed by atoms with van der Waals surface area (Å²) in [6, 6.07) is 5.74. The quantitative estimate of drug-likeness (QED) is 0.541. The molecule has 2 aromatic heterocycles. The predicted octanol–water partition coefficient (Wildman–Crippen LogP) is 2.72. The van der Waals surface area contributed by atoms with Crippen LogP contribution in [0, 0.1) is 11.3 Å². The Kier molecular flexibility index (Phi) is 7.35. The predicted molar refractivity (Wildman–Crippen MR) is 113 cm³/mol. The van der Waals surface area contributed by atoms with E-state index in [1.54, 1.807) is 24.5 Å². The Hall–Kier alpha value is -3.71. The topological polar surface area (TPSA) is 122 Å². The number of pyridine rings is 1. The third-order valence-corrected chi connectivity index (χ3v) is 5.67. The minimum absolute atomic E-state index is 0.0122. The number of aromatic nitrogens is 1. The molecule has 0 atom stereocenters. The number of carbonyl (C=O) groups excluding carboxylic acids is 3. The molecule has 0 bridgehead atoms. The van der Waals surface area contributed by atoms with Gasteiger partial charge in [0, 0.05) is 29.9 Å². The van der Waals surface area contributed by atoms with Crippen molar-refractivity contribution in [1.29, 1.82) is 5.26 Å². The lowest BCUT2D eigenvalue weighted by atomic mass is 10.0. The molecule has 0 aromatic carbocycles. The molecule has 1 aliphatic rings. The number of thiophene rings is 1. The highest BCUT2D eigenvalue weighted by atomic mass is 32.1. The van der Waals surface area contributed by atoms with Crippen LogP contribution in [0.2, 0.25) is 0 Å². The SMILES string of the molecule is COC(=O)CCOC(=O)N1CCc2c(sc(NC(=O)C=Cc3cccnc3)c2C#N)C1. The van der Waals surface area contributed by atoms with Crippen LogP contribution in [0.25, 0.3) is 6.08 Å². The summed E-state index contributed by atoms with van der Waals surface area (Å²) in [5.74, 6) is -0.818. The molecule has 0 aliphatic carbocycles. The number of amides is 2. The number of nitrogens with zero attached hydrogens (tertiary/aromatic N) is 3. The van der Waals surface area contributed by atoms with E-state index in [1.165, 1.54) is 29.4 Å². The van der Waals surface area contributed by atoms with Gasteiger partial charge in [-0.1, -0.05) is 6.07 Å². The molecule has 2 aromatic rings. The molecule has 0 spiro atoms. The molecule has 9 nitrogen and oxygen atoms in total. The Morgan fingerprint density at radius 3 is 2.97 bits per heavy atom. The van der Waals surface area contributed by atoms with Crippen LogP contribution in [0.5, 0.6) is 0 Å². The van der Waals surface area contributed by atoms with Crippen LogP contribution in [0.15, 0.2) is 30.6 Å². The van der Waals surface area contributed by atoms with Crippen molar-refractivity contribution < 1.29 is 23.9 Å². The summed E-state index contributed by atoms with van der Waals surface area (Å²) in [7, 11) is 1.27. The number of methoxy groups -OCH3 is 1. The van der Waals surface area contributed by atoms with Crippen molar-refractivity contribution in [2.75, 3.05) is 25.6 Å². The summed E-state index contributed by atoms with van der Waals surface area (Å²) < 4.78 is 9.62. The van der Waals surface area contributed by atoms with Crippen molar-refractivity contribution >= 4 is 40.4 Å². The summed E-state index contributed by atoms with van der Waals surface area (Å²) in [5, 5.41) is 12.8. The second kappa shape index (κ2) is 10.4. The van der Waals surface area contributed by atoms with Crippen LogP contribution in [0.1, 0.15) is 28.0 Å². The Balaban J connectivity index is 1.64. The fourth-order valence-electron chi connectivity index (χ4n) is 2.98. The summed E-state index contributed by atoms with van der Waals surface area (Å²) in [6.45, 7) is 0.588. The minimum atomic E-state index is -0.536. The van der Waals surface area contributed by atoms with Crippen molar-refractivity contribution in [3.8, 4) is 6.07 Å². The fourth-order valence-corrected chi connectivity index (χ4v) is 4.20. The number of hydrogen-bond donors (Lipinski definition) is 1. The molecule has 3 rings (SSSR count). The molecule has 2 amide bonds. The van der Waals surface area contributed by atoms with E-state index in [9.17, 15) is 19.6 Å². The zero-order valence-corrected chi connectivity index (χ0v) is 17.6. The lowest BCUT2D eigenvalue weighted by Crippen LogP contribution is -2.36. The maximum Gasteiger partial charge on any atom is 0.410 e. The van der Waals surface area contributed by atoms with Gasteiger partial charge in [0.2, 0.25) is 5.91 Å². The number of nitrogens with one attached hydrogen (secondary N) is 1. The van der Waals surface area contributed by atoms with Gasteiger partial charge in [-0.05, 0) is 29.7 Å². The standard InChI is InChI=1S/C21H20N4O5S/c1-29-19(27)7-10-30-21(28)25-9-6-15-16(11-22)20(31-17(15)13-25)24-18(26)5-4-14-3-2-8-23-12-14/h2-5,8,12H,6-7,9-10,13H2,1H3,(H,24,26). The van der Waals surface area contributed by atoms with Gasteiger partial charge in [-0.2, -0.15) is 5.26 Å². The first kappa shape index (κ1) is 22.0. The van der Waals surface area contributed by atoms with E-state index in [1.807, 2.05) is 6.07 Å². The Bertz CT molecular complexity index is 1040. The number of nitriles is 1. The Morgan fingerprint density at radius 2 is 2.26 bits per heavy atom. The molecular formula is C21H20N4O5S. The number of anilines is 1. The van der Waals surface area contributed by atoms with E-state index >= 15 is 0 Å². The highest BCUT2D eigenvalue weighted by molar-refractivity contribution is 7.16. The largest absolute Gasteiger partial charge is 0.469 e. The van der Waals surface area contributed by atoms with Crippen LogP contribution in [0.4, 0.5) is 9.80 Å². The van der Waals surface area contributed by atoms with Gasteiger partial charge in [0.1, 0.15) is 17.7 Å². The maximum absolute atomic E-state index is 12.3. The first-order chi connectivity index (χ1) is 15.0. The minimum Gasteiger partial charge on any atom is -0.469 e. The number of esters is 1. The third kappa shape index (κ3) is 5.67. The molecular weight excluding hydrogens is 420 g/mol. The maximum atomic E-state index is 12.3. The molecule has 0 saturated carbocycles. The molecule has 1 N–H and O–H groups in total. The Labute approximate surface area is 182 Å². The lowest BCUT2D eigenvalue weighted by Gasteiger charge is -2.26. The smallest absolute Gasteiger partial charge is 0.410 e. The van der Waals surface area contributed by atoms with E-state index < -0.39 is 12.1 Å². The van der Waals surface area contributed by atoms with Gasteiger partial charge in [0.05, 0.1) is 25.6 Å². The summed E-state index contributed by atoms with van der Waals surface area (Å²) in [6.07, 6.45) is 6.21. The molecule has 0 radical (unpaired) electrons.